The third-order valence-electron chi connectivity index (χ3n) is 6.12. The summed E-state index contributed by atoms with van der Waals surface area (Å²) in [6.07, 6.45) is 4.39. The summed E-state index contributed by atoms with van der Waals surface area (Å²) >= 11 is 1.45. The van der Waals surface area contributed by atoms with Crippen molar-refractivity contribution in [2.24, 2.45) is 5.92 Å². The number of amides is 1. The molecule has 0 aliphatic heterocycles. The zero-order chi connectivity index (χ0) is 22.9. The summed E-state index contributed by atoms with van der Waals surface area (Å²) in [5.41, 5.74) is 3.01. The van der Waals surface area contributed by atoms with Gasteiger partial charge < -0.3 is 14.5 Å². The maximum Gasteiger partial charge on any atom is 0.310 e. The molecule has 166 valence electrons. The van der Waals surface area contributed by atoms with Crippen LogP contribution < -0.4 is 5.32 Å². The molecular weight excluding hydrogens is 436 g/mol. The number of anilines is 1. The molecular formula is C26H22N2O4S. The zero-order valence-corrected chi connectivity index (χ0v) is 19.0. The van der Waals surface area contributed by atoms with Crippen LogP contribution in [0.4, 0.5) is 5.00 Å². The van der Waals surface area contributed by atoms with Gasteiger partial charge in [-0.2, -0.15) is 5.26 Å². The van der Waals surface area contributed by atoms with Gasteiger partial charge in [-0.15, -0.1) is 11.3 Å². The third-order valence-corrected chi connectivity index (χ3v) is 7.29. The van der Waals surface area contributed by atoms with E-state index in [1.165, 1.54) is 11.3 Å². The highest BCUT2D eigenvalue weighted by atomic mass is 32.1. The summed E-state index contributed by atoms with van der Waals surface area (Å²) in [5.74, 6) is -0.391. The monoisotopic (exact) mass is 458 g/mol. The first-order valence-corrected chi connectivity index (χ1v) is 11.7. The molecule has 0 unspecified atom stereocenters. The van der Waals surface area contributed by atoms with Crippen LogP contribution in [0.1, 0.15) is 34.9 Å². The fourth-order valence-corrected chi connectivity index (χ4v) is 5.85. The van der Waals surface area contributed by atoms with Crippen molar-refractivity contribution in [2.45, 2.75) is 32.6 Å². The van der Waals surface area contributed by atoms with Crippen LogP contribution in [0.25, 0.3) is 21.7 Å². The Bertz CT molecular complexity index is 1430. The molecule has 0 spiro atoms. The molecule has 1 aliphatic carbocycles. The number of rotatable bonds is 5. The summed E-state index contributed by atoms with van der Waals surface area (Å²) in [6.45, 7) is 1.79. The van der Waals surface area contributed by atoms with E-state index in [0.717, 1.165) is 51.4 Å². The Kier molecular flexibility index (Phi) is 5.61. The number of thiophene rings is 1. The number of esters is 1. The molecule has 4 aromatic rings. The van der Waals surface area contributed by atoms with E-state index in [2.05, 4.69) is 18.3 Å². The van der Waals surface area contributed by atoms with Crippen LogP contribution in [0.15, 0.2) is 47.1 Å². The lowest BCUT2D eigenvalue weighted by molar-refractivity contribution is -0.146. The number of furan rings is 1. The highest BCUT2D eigenvalue weighted by Gasteiger charge is 2.25. The van der Waals surface area contributed by atoms with Crippen LogP contribution in [-0.2, 0) is 33.6 Å². The minimum absolute atomic E-state index is 0.00290. The van der Waals surface area contributed by atoms with E-state index in [4.69, 9.17) is 9.15 Å². The minimum atomic E-state index is -0.513. The predicted molar refractivity (Wildman–Crippen MR) is 127 cm³/mol. The number of hydrogen-bond donors (Lipinski definition) is 1. The van der Waals surface area contributed by atoms with Crippen molar-refractivity contribution in [3.8, 4) is 6.07 Å². The van der Waals surface area contributed by atoms with Crippen molar-refractivity contribution in [3.05, 3.63) is 64.2 Å². The van der Waals surface area contributed by atoms with Gasteiger partial charge in [0.05, 0.1) is 18.2 Å². The standard InChI is InChI=1S/C26H22N2O4S/c1-15-6-8-19-20(12-27)26(33-22(19)10-15)28-23(29)14-32-24(30)11-17-13-31-21-9-7-16-4-2-3-5-18(16)25(17)21/h2-5,7,9,13,15H,6,8,10-11,14H2,1H3,(H,28,29)/t15-/m1/s1. The number of carbonyl (C=O) groups is 2. The molecule has 0 radical (unpaired) electrons. The number of hydrogen-bond acceptors (Lipinski definition) is 6. The molecule has 1 amide bonds. The normalized spacial score (nSPS) is 15.2. The van der Waals surface area contributed by atoms with E-state index in [-0.39, 0.29) is 6.42 Å². The number of fused-ring (bicyclic) bond motifs is 4. The third kappa shape index (κ3) is 4.10. The van der Waals surface area contributed by atoms with Gasteiger partial charge >= 0.3 is 5.97 Å². The zero-order valence-electron chi connectivity index (χ0n) is 18.1. The first-order chi connectivity index (χ1) is 16.0. The number of nitrogens with zero attached hydrogens (tertiary/aromatic N) is 1. The van der Waals surface area contributed by atoms with Crippen molar-refractivity contribution >= 4 is 50.0 Å². The Morgan fingerprint density at radius 3 is 2.97 bits per heavy atom. The Labute approximate surface area is 194 Å². The second-order valence-corrected chi connectivity index (χ2v) is 9.58. The number of ether oxygens (including phenoxy) is 1. The van der Waals surface area contributed by atoms with E-state index in [9.17, 15) is 14.9 Å². The lowest BCUT2D eigenvalue weighted by Crippen LogP contribution is -2.21. The molecule has 1 aliphatic rings. The molecule has 0 saturated carbocycles. The Morgan fingerprint density at radius 2 is 2.12 bits per heavy atom. The van der Waals surface area contributed by atoms with Crippen LogP contribution in [0.2, 0.25) is 0 Å². The molecule has 6 nitrogen and oxygen atoms in total. The topological polar surface area (TPSA) is 92.3 Å². The summed E-state index contributed by atoms with van der Waals surface area (Å²) in [7, 11) is 0. The number of nitriles is 1. The van der Waals surface area contributed by atoms with E-state index >= 15 is 0 Å². The van der Waals surface area contributed by atoms with Crippen LogP contribution in [0, 0.1) is 17.2 Å². The highest BCUT2D eigenvalue weighted by Crippen LogP contribution is 2.39. The Balaban J connectivity index is 1.25. The lowest BCUT2D eigenvalue weighted by Gasteiger charge is -2.17. The predicted octanol–water partition coefficient (Wildman–Crippen LogP) is 5.37. The van der Waals surface area contributed by atoms with Gasteiger partial charge in [-0.1, -0.05) is 37.3 Å². The largest absolute Gasteiger partial charge is 0.464 e. The van der Waals surface area contributed by atoms with Crippen molar-refractivity contribution in [1.82, 2.24) is 0 Å². The summed E-state index contributed by atoms with van der Waals surface area (Å²) < 4.78 is 10.9. The first-order valence-electron chi connectivity index (χ1n) is 10.9. The van der Waals surface area contributed by atoms with Gasteiger partial charge in [0.2, 0.25) is 0 Å². The Morgan fingerprint density at radius 1 is 1.27 bits per heavy atom. The van der Waals surface area contributed by atoms with Crippen LogP contribution in [-0.4, -0.2) is 18.5 Å². The van der Waals surface area contributed by atoms with E-state index in [1.807, 2.05) is 36.4 Å². The average Bonchev–Trinajstić information content (AvgIpc) is 3.37. The summed E-state index contributed by atoms with van der Waals surface area (Å²) in [6, 6.07) is 14.0. The summed E-state index contributed by atoms with van der Waals surface area (Å²) in [4.78, 5) is 26.1. The van der Waals surface area contributed by atoms with Crippen LogP contribution in [0.3, 0.4) is 0 Å². The molecule has 0 bridgehead atoms. The first kappa shape index (κ1) is 21.2. The molecule has 33 heavy (non-hydrogen) atoms. The quantitative estimate of drug-likeness (QED) is 0.406. The second-order valence-electron chi connectivity index (χ2n) is 8.47. The maximum atomic E-state index is 12.5. The highest BCUT2D eigenvalue weighted by molar-refractivity contribution is 7.16. The van der Waals surface area contributed by atoms with E-state index < -0.39 is 18.5 Å². The molecule has 2 aromatic heterocycles. The smallest absolute Gasteiger partial charge is 0.310 e. The molecule has 5 rings (SSSR count). The SMILES string of the molecule is C[C@@H]1CCc2c(sc(NC(=O)COC(=O)Cc3coc4ccc5ccccc5c34)c2C#N)C1. The molecule has 1 atom stereocenters. The Hall–Kier alpha value is -3.63. The van der Waals surface area contributed by atoms with E-state index in [1.54, 1.807) is 6.26 Å². The molecule has 7 heteroatoms. The van der Waals surface area contributed by atoms with Gasteiger partial charge in [0, 0.05) is 15.8 Å². The fraction of sp³-hybridized carbons (Fsp3) is 0.269. The lowest BCUT2D eigenvalue weighted by atomic mass is 9.89. The van der Waals surface area contributed by atoms with Crippen LogP contribution in [0.5, 0.6) is 0 Å². The van der Waals surface area contributed by atoms with Gasteiger partial charge in [0.15, 0.2) is 6.61 Å². The molecule has 0 saturated heterocycles. The van der Waals surface area contributed by atoms with Crippen molar-refractivity contribution in [3.63, 3.8) is 0 Å². The van der Waals surface area contributed by atoms with Crippen molar-refractivity contribution in [1.29, 1.82) is 5.26 Å². The van der Waals surface area contributed by atoms with Gasteiger partial charge in [-0.05, 0) is 47.6 Å². The van der Waals surface area contributed by atoms with Crippen molar-refractivity contribution in [2.75, 3.05) is 11.9 Å². The van der Waals surface area contributed by atoms with Crippen molar-refractivity contribution < 1.29 is 18.7 Å². The van der Waals surface area contributed by atoms with Gasteiger partial charge in [0.25, 0.3) is 5.91 Å². The molecule has 2 aromatic carbocycles. The molecule has 1 N–H and O–H groups in total. The fourth-order valence-electron chi connectivity index (χ4n) is 4.48. The number of nitrogens with one attached hydrogen (secondary N) is 1. The minimum Gasteiger partial charge on any atom is -0.464 e. The molecule has 2 heterocycles. The van der Waals surface area contributed by atoms with Gasteiger partial charge in [-0.25, -0.2) is 0 Å². The summed E-state index contributed by atoms with van der Waals surface area (Å²) in [5, 5.41) is 15.8. The van der Waals surface area contributed by atoms with Crippen LogP contribution >= 0.6 is 11.3 Å². The number of carbonyl (C=O) groups excluding carboxylic acids is 2. The van der Waals surface area contributed by atoms with E-state index in [0.29, 0.717) is 22.1 Å². The molecule has 0 fully saturated rings. The second kappa shape index (κ2) is 8.72. The average molecular weight is 459 g/mol. The number of benzene rings is 2. The maximum absolute atomic E-state index is 12.5. The van der Waals surface area contributed by atoms with Gasteiger partial charge in [-0.3, -0.25) is 9.59 Å². The van der Waals surface area contributed by atoms with Gasteiger partial charge in [0.1, 0.15) is 16.7 Å².